The van der Waals surface area contributed by atoms with E-state index in [0.29, 0.717) is 6.04 Å². The van der Waals surface area contributed by atoms with Crippen LogP contribution in [0.5, 0.6) is 0 Å². The predicted molar refractivity (Wildman–Crippen MR) is 63.2 cm³/mol. The second-order valence-corrected chi connectivity index (χ2v) is 4.57. The van der Waals surface area contributed by atoms with E-state index in [1.807, 2.05) is 24.0 Å². The molecule has 0 aliphatic heterocycles. The van der Waals surface area contributed by atoms with Gasteiger partial charge in [-0.25, -0.2) is 0 Å². The van der Waals surface area contributed by atoms with Crippen molar-refractivity contribution in [1.82, 2.24) is 15.1 Å². The highest BCUT2D eigenvalue weighted by Crippen LogP contribution is 2.28. The van der Waals surface area contributed by atoms with Crippen molar-refractivity contribution in [3.8, 4) is 0 Å². The molecule has 16 heavy (non-hydrogen) atoms. The minimum atomic E-state index is 0.331. The lowest BCUT2D eigenvalue weighted by molar-refractivity contribution is 0.124. The van der Waals surface area contributed by atoms with Gasteiger partial charge in [0.1, 0.15) is 0 Å². The molecule has 1 heterocycles. The topological polar surface area (TPSA) is 39.1 Å². The number of aromatic nitrogens is 2. The minimum Gasteiger partial charge on any atom is -0.380 e. The molecule has 1 saturated carbocycles. The largest absolute Gasteiger partial charge is 0.380 e. The average molecular weight is 223 g/mol. The number of hydrogen-bond donors (Lipinski definition) is 1. The first-order valence-electron chi connectivity index (χ1n) is 6.06. The van der Waals surface area contributed by atoms with Crippen LogP contribution in [0.2, 0.25) is 0 Å². The molecule has 1 N–H and O–H groups in total. The summed E-state index contributed by atoms with van der Waals surface area (Å²) < 4.78 is 7.48. The Morgan fingerprint density at radius 3 is 3.06 bits per heavy atom. The zero-order chi connectivity index (χ0) is 11.4. The molecule has 1 fully saturated rings. The highest BCUT2D eigenvalue weighted by Gasteiger charge is 2.20. The number of hydrogen-bond acceptors (Lipinski definition) is 3. The third-order valence-corrected chi connectivity index (χ3v) is 3.05. The number of aryl methyl sites for hydroxylation is 1. The Bertz CT molecular complexity index is 320. The summed E-state index contributed by atoms with van der Waals surface area (Å²) in [7, 11) is 1.97. The lowest BCUT2D eigenvalue weighted by Gasteiger charge is -2.14. The van der Waals surface area contributed by atoms with Gasteiger partial charge in [0.15, 0.2) is 0 Å². The molecular weight excluding hydrogens is 202 g/mol. The second kappa shape index (κ2) is 5.46. The van der Waals surface area contributed by atoms with Crippen LogP contribution in [0.1, 0.15) is 31.5 Å². The molecule has 0 aromatic carbocycles. The molecule has 1 aromatic rings. The lowest BCUT2D eigenvalue weighted by atomic mass is 10.2. The third kappa shape index (κ3) is 3.32. The number of nitrogens with one attached hydrogen (secondary N) is 1. The fraction of sp³-hybridized carbons (Fsp3) is 0.750. The van der Waals surface area contributed by atoms with Gasteiger partial charge in [0, 0.05) is 32.4 Å². The van der Waals surface area contributed by atoms with E-state index in [2.05, 4.69) is 17.3 Å². The van der Waals surface area contributed by atoms with Gasteiger partial charge in [-0.1, -0.05) is 0 Å². The zero-order valence-corrected chi connectivity index (χ0v) is 10.1. The van der Waals surface area contributed by atoms with E-state index in [-0.39, 0.29) is 0 Å². The smallest absolute Gasteiger partial charge is 0.0591 e. The van der Waals surface area contributed by atoms with Gasteiger partial charge in [-0.3, -0.25) is 4.68 Å². The highest BCUT2D eigenvalue weighted by atomic mass is 16.5. The maximum absolute atomic E-state index is 5.57. The zero-order valence-electron chi connectivity index (χ0n) is 10.1. The van der Waals surface area contributed by atoms with Gasteiger partial charge in [0.2, 0.25) is 0 Å². The first-order chi connectivity index (χ1) is 7.77. The van der Waals surface area contributed by atoms with Gasteiger partial charge in [-0.2, -0.15) is 5.10 Å². The van der Waals surface area contributed by atoms with Crippen molar-refractivity contribution in [3.63, 3.8) is 0 Å². The molecule has 0 amide bonds. The molecule has 1 aliphatic carbocycles. The fourth-order valence-electron chi connectivity index (χ4n) is 1.80. The van der Waals surface area contributed by atoms with Crippen LogP contribution in [0.25, 0.3) is 0 Å². The van der Waals surface area contributed by atoms with Gasteiger partial charge >= 0.3 is 0 Å². The van der Waals surface area contributed by atoms with E-state index in [4.69, 9.17) is 4.74 Å². The van der Waals surface area contributed by atoms with E-state index in [1.54, 1.807) is 0 Å². The molecule has 4 nitrogen and oxygen atoms in total. The monoisotopic (exact) mass is 223 g/mol. The van der Waals surface area contributed by atoms with Crippen LogP contribution in [-0.2, 0) is 11.8 Å². The Balaban J connectivity index is 1.59. The molecule has 90 valence electrons. The number of rotatable bonds is 7. The minimum absolute atomic E-state index is 0.331. The van der Waals surface area contributed by atoms with Crippen molar-refractivity contribution in [2.45, 2.75) is 25.8 Å². The summed E-state index contributed by atoms with van der Waals surface area (Å²) in [5.74, 6) is 0.856. The fourth-order valence-corrected chi connectivity index (χ4v) is 1.80. The molecule has 0 saturated heterocycles. The van der Waals surface area contributed by atoms with Crippen molar-refractivity contribution in [2.75, 3.05) is 19.8 Å². The Hall–Kier alpha value is -0.870. The first kappa shape index (κ1) is 11.6. The van der Waals surface area contributed by atoms with E-state index >= 15 is 0 Å². The predicted octanol–water partition coefficient (Wildman–Crippen LogP) is 1.50. The molecule has 4 heteroatoms. The van der Waals surface area contributed by atoms with Crippen LogP contribution in [-0.4, -0.2) is 29.5 Å². The molecule has 0 spiro atoms. The van der Waals surface area contributed by atoms with Crippen LogP contribution >= 0.6 is 0 Å². The molecule has 0 bridgehead atoms. The number of ether oxygens (including phenoxy) is 1. The quantitative estimate of drug-likeness (QED) is 0.712. The van der Waals surface area contributed by atoms with E-state index < -0.39 is 0 Å². The van der Waals surface area contributed by atoms with E-state index in [1.165, 1.54) is 18.5 Å². The Morgan fingerprint density at radius 2 is 2.44 bits per heavy atom. The van der Waals surface area contributed by atoms with Gasteiger partial charge in [0.25, 0.3) is 0 Å². The maximum atomic E-state index is 5.57. The molecule has 0 radical (unpaired) electrons. The van der Waals surface area contributed by atoms with Crippen molar-refractivity contribution < 1.29 is 4.74 Å². The highest BCUT2D eigenvalue weighted by molar-refractivity contribution is 5.04. The van der Waals surface area contributed by atoms with Crippen LogP contribution in [0.3, 0.4) is 0 Å². The van der Waals surface area contributed by atoms with Crippen LogP contribution in [0.4, 0.5) is 0 Å². The van der Waals surface area contributed by atoms with Crippen LogP contribution in [0.15, 0.2) is 12.3 Å². The Labute approximate surface area is 97.0 Å². The second-order valence-electron chi connectivity index (χ2n) is 4.57. The molecule has 1 unspecified atom stereocenters. The summed E-state index contributed by atoms with van der Waals surface area (Å²) in [5.41, 5.74) is 1.21. The van der Waals surface area contributed by atoms with Crippen molar-refractivity contribution >= 4 is 0 Å². The average Bonchev–Trinajstić information content (AvgIpc) is 2.99. The van der Waals surface area contributed by atoms with Crippen molar-refractivity contribution in [1.29, 1.82) is 0 Å². The summed E-state index contributed by atoms with van der Waals surface area (Å²) >= 11 is 0. The molecular formula is C12H21N3O. The molecule has 2 rings (SSSR count). The summed E-state index contributed by atoms with van der Waals surface area (Å²) in [4.78, 5) is 0. The number of nitrogens with zero attached hydrogens (tertiary/aromatic N) is 2. The Morgan fingerprint density at radius 1 is 1.62 bits per heavy atom. The van der Waals surface area contributed by atoms with Crippen LogP contribution < -0.4 is 5.32 Å². The standard InChI is InChI=1S/C12H21N3O/c1-10(12-5-6-14-15(12)2)13-7-8-16-9-11-3-4-11/h5-6,10-11,13H,3-4,7-9H2,1-2H3. The van der Waals surface area contributed by atoms with Gasteiger partial charge in [-0.05, 0) is 31.7 Å². The van der Waals surface area contributed by atoms with Crippen molar-refractivity contribution in [3.05, 3.63) is 18.0 Å². The lowest BCUT2D eigenvalue weighted by Crippen LogP contribution is -2.25. The van der Waals surface area contributed by atoms with Crippen LogP contribution in [0, 0.1) is 5.92 Å². The summed E-state index contributed by atoms with van der Waals surface area (Å²) in [6.07, 6.45) is 4.55. The SMILES string of the molecule is CC(NCCOCC1CC1)c1ccnn1C. The third-order valence-electron chi connectivity index (χ3n) is 3.05. The van der Waals surface area contributed by atoms with Gasteiger partial charge in [0.05, 0.1) is 12.3 Å². The first-order valence-corrected chi connectivity index (χ1v) is 6.06. The molecule has 1 aromatic heterocycles. The summed E-state index contributed by atoms with van der Waals surface area (Å²) in [6.45, 7) is 4.80. The normalized spacial score (nSPS) is 17.6. The molecule has 1 atom stereocenters. The van der Waals surface area contributed by atoms with E-state index in [9.17, 15) is 0 Å². The summed E-state index contributed by atoms with van der Waals surface area (Å²) in [6, 6.07) is 2.37. The van der Waals surface area contributed by atoms with E-state index in [0.717, 1.165) is 25.7 Å². The van der Waals surface area contributed by atoms with Gasteiger partial charge < -0.3 is 10.1 Å². The van der Waals surface area contributed by atoms with Crippen molar-refractivity contribution in [2.24, 2.45) is 13.0 Å². The summed E-state index contributed by atoms with van der Waals surface area (Å²) in [5, 5.41) is 7.59. The Kier molecular flexibility index (Phi) is 3.96. The molecule has 1 aliphatic rings. The maximum Gasteiger partial charge on any atom is 0.0591 e. The van der Waals surface area contributed by atoms with Gasteiger partial charge in [-0.15, -0.1) is 0 Å².